The lowest BCUT2D eigenvalue weighted by Gasteiger charge is -2.25. The Morgan fingerprint density at radius 3 is 1.62 bits per heavy atom. The highest BCUT2D eigenvalue weighted by Crippen LogP contribution is 2.28. The second kappa shape index (κ2) is 11.1. The molecule has 0 saturated carbocycles. The van der Waals surface area contributed by atoms with Gasteiger partial charge in [-0.05, 0) is 27.1 Å². The number of rotatable bonds is 6. The number of halogens is 3. The summed E-state index contributed by atoms with van der Waals surface area (Å²) in [6.07, 6.45) is 0. The van der Waals surface area contributed by atoms with Gasteiger partial charge in [0.25, 0.3) is 0 Å². The van der Waals surface area contributed by atoms with Gasteiger partial charge in [0.1, 0.15) is 0 Å². The van der Waals surface area contributed by atoms with E-state index < -0.39 is 14.8 Å². The van der Waals surface area contributed by atoms with Gasteiger partial charge in [-0.15, -0.1) is 33.2 Å². The van der Waals surface area contributed by atoms with Crippen molar-refractivity contribution in [3.63, 3.8) is 0 Å². The molecule has 0 aromatic heterocycles. The van der Waals surface area contributed by atoms with Crippen LogP contribution in [0.5, 0.6) is 0 Å². The first kappa shape index (κ1) is 25.2. The van der Waals surface area contributed by atoms with Gasteiger partial charge in [-0.1, -0.05) is 84.9 Å². The Morgan fingerprint density at radius 2 is 1.06 bits per heavy atom. The average Bonchev–Trinajstić information content (AvgIpc) is 2.80. The highest BCUT2D eigenvalue weighted by atomic mass is 35.8. The van der Waals surface area contributed by atoms with E-state index in [0.29, 0.717) is 6.04 Å². The van der Waals surface area contributed by atoms with E-state index in [4.69, 9.17) is 46.5 Å². The topological polar surface area (TPSA) is 27.7 Å². The molecule has 0 saturated heterocycles. The van der Waals surface area contributed by atoms with Crippen molar-refractivity contribution in [3.05, 3.63) is 90.5 Å². The number of hydrogen-bond acceptors (Lipinski definition) is 3. The molecule has 0 unspecified atom stereocenters. The standard InChI is InChI=1S/C13H16O3Si.C11H9Cl3Si/c1-14-17(15-2,16-3)13-10-6-8-11-7-4-5-9-12(11)13;12-15(13,14)8-10-6-3-5-9-4-1-2-7-11(9)10/h4-10H,1-3H3;1-7H,8H2. The molecule has 0 heterocycles. The van der Waals surface area contributed by atoms with Gasteiger partial charge in [-0.25, -0.2) is 0 Å². The van der Waals surface area contributed by atoms with Gasteiger partial charge in [0, 0.05) is 32.6 Å². The van der Waals surface area contributed by atoms with E-state index in [-0.39, 0.29) is 0 Å². The maximum absolute atomic E-state index is 5.94. The second-order valence-electron chi connectivity index (χ2n) is 7.13. The molecular formula is C24H25Cl3O3Si2. The monoisotopic (exact) mass is 522 g/mol. The van der Waals surface area contributed by atoms with Crippen molar-refractivity contribution < 1.29 is 13.3 Å². The molecule has 0 aliphatic rings. The zero-order valence-corrected chi connectivity index (χ0v) is 22.4. The van der Waals surface area contributed by atoms with E-state index in [0.717, 1.165) is 21.5 Å². The van der Waals surface area contributed by atoms with E-state index in [1.807, 2.05) is 48.5 Å². The summed E-state index contributed by atoms with van der Waals surface area (Å²) in [5, 5.41) is 5.65. The van der Waals surface area contributed by atoms with Gasteiger partial charge in [0.2, 0.25) is 0 Å². The van der Waals surface area contributed by atoms with Crippen LogP contribution in [0.1, 0.15) is 5.56 Å². The van der Waals surface area contributed by atoms with E-state index in [9.17, 15) is 0 Å². The molecule has 0 fully saturated rings. The first-order valence-corrected chi connectivity index (χ1v) is 17.0. The van der Waals surface area contributed by atoms with Crippen LogP contribution in [0.4, 0.5) is 0 Å². The molecule has 0 amide bonds. The van der Waals surface area contributed by atoms with Crippen LogP contribution < -0.4 is 5.19 Å². The van der Waals surface area contributed by atoms with Crippen LogP contribution in [0.25, 0.3) is 21.5 Å². The van der Waals surface area contributed by atoms with Crippen molar-refractivity contribution in [2.75, 3.05) is 21.3 Å². The first-order valence-electron chi connectivity index (χ1n) is 10.0. The van der Waals surface area contributed by atoms with Gasteiger partial charge in [-0.3, -0.25) is 0 Å². The molecule has 168 valence electrons. The van der Waals surface area contributed by atoms with Crippen LogP contribution in [-0.4, -0.2) is 36.1 Å². The Labute approximate surface area is 205 Å². The van der Waals surface area contributed by atoms with Crippen molar-refractivity contribution in [2.24, 2.45) is 0 Å². The Morgan fingerprint density at radius 1 is 0.594 bits per heavy atom. The normalized spacial score (nSPS) is 11.9. The molecule has 0 radical (unpaired) electrons. The van der Waals surface area contributed by atoms with Gasteiger partial charge in [-0.2, -0.15) is 0 Å². The number of benzene rings is 4. The SMILES string of the molecule is CO[Si](OC)(OC)c1cccc2ccccc12.Cl[Si](Cl)(Cl)Cc1cccc2ccccc12. The van der Waals surface area contributed by atoms with E-state index in [1.165, 1.54) is 10.8 Å². The Hall–Kier alpha value is -1.42. The molecule has 4 aromatic rings. The minimum absolute atomic E-state index is 0.568. The van der Waals surface area contributed by atoms with E-state index in [1.54, 1.807) is 21.3 Å². The van der Waals surface area contributed by atoms with Gasteiger partial charge >= 0.3 is 14.8 Å². The summed E-state index contributed by atoms with van der Waals surface area (Å²) in [5.74, 6) is 0. The zero-order valence-electron chi connectivity index (χ0n) is 18.1. The maximum Gasteiger partial charge on any atom is 0.537 e. The second-order valence-corrected chi connectivity index (χ2v) is 19.1. The van der Waals surface area contributed by atoms with Gasteiger partial charge in [0.05, 0.1) is 0 Å². The van der Waals surface area contributed by atoms with E-state index in [2.05, 4.69) is 36.4 Å². The highest BCUT2D eigenvalue weighted by molar-refractivity contribution is 7.64. The third-order valence-electron chi connectivity index (χ3n) is 5.20. The summed E-state index contributed by atoms with van der Waals surface area (Å²) in [6, 6.07) is 26.4. The van der Waals surface area contributed by atoms with Crippen LogP contribution in [0.3, 0.4) is 0 Å². The lowest BCUT2D eigenvalue weighted by atomic mass is 10.1. The van der Waals surface area contributed by atoms with Crippen LogP contribution in [0.2, 0.25) is 0 Å². The molecule has 8 heteroatoms. The Bertz CT molecular complexity index is 1160. The fraction of sp³-hybridized carbons (Fsp3) is 0.167. The smallest absolute Gasteiger partial charge is 0.373 e. The molecule has 0 aliphatic carbocycles. The molecule has 0 N–H and O–H groups in total. The molecule has 3 nitrogen and oxygen atoms in total. The highest BCUT2D eigenvalue weighted by Gasteiger charge is 2.41. The largest absolute Gasteiger partial charge is 0.537 e. The molecule has 0 atom stereocenters. The summed E-state index contributed by atoms with van der Waals surface area (Å²) in [5.41, 5.74) is 1.12. The first-order chi connectivity index (χ1) is 15.3. The fourth-order valence-electron chi connectivity index (χ4n) is 3.73. The molecule has 4 rings (SSSR count). The third-order valence-corrected chi connectivity index (χ3v) is 9.89. The lowest BCUT2D eigenvalue weighted by molar-refractivity contribution is 0.140. The third kappa shape index (κ3) is 5.93. The molecule has 0 aliphatic heterocycles. The summed E-state index contributed by atoms with van der Waals surface area (Å²) in [7, 11) is 2.12. The molecule has 0 bridgehead atoms. The van der Waals surface area contributed by atoms with Gasteiger partial charge < -0.3 is 13.3 Å². The Kier molecular flexibility index (Phi) is 8.78. The number of hydrogen-bond donors (Lipinski definition) is 0. The van der Waals surface area contributed by atoms with Crippen molar-refractivity contribution in [1.29, 1.82) is 0 Å². The predicted octanol–water partition coefficient (Wildman–Crippen LogP) is 6.50. The van der Waals surface area contributed by atoms with Crippen molar-refractivity contribution in [1.82, 2.24) is 0 Å². The molecule has 4 aromatic carbocycles. The average molecular weight is 524 g/mol. The molecule has 0 spiro atoms. The summed E-state index contributed by atoms with van der Waals surface area (Å²) < 4.78 is 16.6. The van der Waals surface area contributed by atoms with Crippen molar-refractivity contribution in [2.45, 2.75) is 6.04 Å². The zero-order chi connectivity index (χ0) is 23.2. The van der Waals surface area contributed by atoms with Gasteiger partial charge in [0.15, 0.2) is 0 Å². The quantitative estimate of drug-likeness (QED) is 0.213. The maximum atomic E-state index is 5.94. The molecular weight excluding hydrogens is 499 g/mol. The van der Waals surface area contributed by atoms with Crippen molar-refractivity contribution >= 4 is 74.8 Å². The minimum atomic E-state index is -2.76. The van der Waals surface area contributed by atoms with Crippen molar-refractivity contribution in [3.8, 4) is 0 Å². The predicted molar refractivity (Wildman–Crippen MR) is 141 cm³/mol. The summed E-state index contributed by atoms with van der Waals surface area (Å²) in [6.45, 7) is 0. The summed E-state index contributed by atoms with van der Waals surface area (Å²) in [4.78, 5) is 0. The van der Waals surface area contributed by atoms with Crippen LogP contribution in [0, 0.1) is 0 Å². The summed E-state index contributed by atoms with van der Waals surface area (Å²) >= 11 is 17.8. The van der Waals surface area contributed by atoms with Crippen LogP contribution >= 0.6 is 33.2 Å². The Balaban J connectivity index is 0.000000182. The fourth-order valence-corrected chi connectivity index (χ4v) is 7.79. The van der Waals surface area contributed by atoms with Crippen LogP contribution in [0.15, 0.2) is 84.9 Å². The lowest BCUT2D eigenvalue weighted by Crippen LogP contribution is -2.54. The number of fused-ring (bicyclic) bond motifs is 2. The molecule has 32 heavy (non-hydrogen) atoms. The minimum Gasteiger partial charge on any atom is -0.373 e. The van der Waals surface area contributed by atoms with E-state index >= 15 is 0 Å². The van der Waals surface area contributed by atoms with Crippen LogP contribution in [-0.2, 0) is 19.3 Å².